The van der Waals surface area contributed by atoms with E-state index in [1.54, 1.807) is 0 Å². The third-order valence-corrected chi connectivity index (χ3v) is 1.53. The normalized spacial score (nSPS) is 11.2. The van der Waals surface area contributed by atoms with E-state index in [0.717, 1.165) is 25.0 Å². The molecule has 0 saturated heterocycles. The van der Waals surface area contributed by atoms with E-state index < -0.39 is 0 Å². The van der Waals surface area contributed by atoms with Crippen molar-refractivity contribution in [2.45, 2.75) is 39.5 Å². The first kappa shape index (κ1) is 10.4. The molecule has 0 atom stereocenters. The number of rotatable bonds is 6. The van der Waals surface area contributed by atoms with Crippen LogP contribution in [0.2, 0.25) is 0 Å². The molecule has 0 aliphatic heterocycles. The molecule has 1 nitrogen and oxygen atoms in total. The van der Waals surface area contributed by atoms with Gasteiger partial charge in [-0.3, -0.25) is 0 Å². The Kier molecular flexibility index (Phi) is 7.11. The molecule has 0 aromatic heterocycles. The molecule has 0 aliphatic rings. The van der Waals surface area contributed by atoms with Gasteiger partial charge in [-0.2, -0.15) is 0 Å². The van der Waals surface area contributed by atoms with E-state index in [1.165, 1.54) is 6.42 Å². The summed E-state index contributed by atoms with van der Waals surface area (Å²) in [5.41, 5.74) is 0. The molecule has 0 saturated carbocycles. The molecule has 0 bridgehead atoms. The van der Waals surface area contributed by atoms with E-state index in [4.69, 9.17) is 0 Å². The average Bonchev–Trinajstić information content (AvgIpc) is 1.96. The monoisotopic (exact) mass is 154 g/mol. The van der Waals surface area contributed by atoms with Crippen molar-refractivity contribution < 1.29 is 4.79 Å². The largest absolute Gasteiger partial charge is 0.303 e. The van der Waals surface area contributed by atoms with Crippen LogP contribution in [0.5, 0.6) is 0 Å². The van der Waals surface area contributed by atoms with Crippen LogP contribution in [-0.2, 0) is 4.79 Å². The van der Waals surface area contributed by atoms with Gasteiger partial charge in [0.05, 0.1) is 0 Å². The van der Waals surface area contributed by atoms with Crippen LogP contribution >= 0.6 is 0 Å². The molecule has 0 aromatic carbocycles. The molecule has 0 radical (unpaired) electrons. The maximum absolute atomic E-state index is 9.91. The van der Waals surface area contributed by atoms with Crippen molar-refractivity contribution in [3.8, 4) is 0 Å². The maximum atomic E-state index is 9.91. The van der Waals surface area contributed by atoms with E-state index in [9.17, 15) is 4.79 Å². The zero-order valence-electron chi connectivity index (χ0n) is 7.55. The van der Waals surface area contributed by atoms with Crippen LogP contribution in [0.1, 0.15) is 39.5 Å². The number of unbranched alkanes of at least 4 members (excludes halogenated alkanes) is 1. The van der Waals surface area contributed by atoms with Crippen LogP contribution in [0.25, 0.3) is 0 Å². The van der Waals surface area contributed by atoms with Crippen LogP contribution in [0.3, 0.4) is 0 Å². The summed E-state index contributed by atoms with van der Waals surface area (Å²) in [5.74, 6) is 0.783. The summed E-state index contributed by atoms with van der Waals surface area (Å²) in [7, 11) is 0. The molecule has 0 heterocycles. The highest BCUT2D eigenvalue weighted by molar-refractivity contribution is 5.49. The van der Waals surface area contributed by atoms with Crippen molar-refractivity contribution in [3.05, 3.63) is 12.2 Å². The number of carbonyl (C=O) groups excluding carboxylic acids is 1. The van der Waals surface area contributed by atoms with Gasteiger partial charge in [0.25, 0.3) is 0 Å². The number of hydrogen-bond acceptors (Lipinski definition) is 1. The quantitative estimate of drug-likeness (QED) is 0.326. The van der Waals surface area contributed by atoms with Gasteiger partial charge in [0.1, 0.15) is 6.29 Å². The topological polar surface area (TPSA) is 17.1 Å². The fourth-order valence-corrected chi connectivity index (χ4v) is 0.830. The third-order valence-electron chi connectivity index (χ3n) is 1.53. The van der Waals surface area contributed by atoms with Crippen molar-refractivity contribution in [1.82, 2.24) is 0 Å². The summed E-state index contributed by atoms with van der Waals surface area (Å²) in [6, 6.07) is 0. The van der Waals surface area contributed by atoms with Gasteiger partial charge in [-0.25, -0.2) is 0 Å². The second-order valence-corrected chi connectivity index (χ2v) is 3.19. The Morgan fingerprint density at radius 1 is 1.09 bits per heavy atom. The molecule has 64 valence electrons. The SMILES string of the molecule is CC(C)CC/C=C\CCC=O. The van der Waals surface area contributed by atoms with Crippen LogP contribution in [0, 0.1) is 5.92 Å². The summed E-state index contributed by atoms with van der Waals surface area (Å²) in [6.45, 7) is 4.44. The lowest BCUT2D eigenvalue weighted by Gasteiger charge is -1.98. The second kappa shape index (κ2) is 7.52. The zero-order chi connectivity index (χ0) is 8.53. The molecular formula is C10H18O. The van der Waals surface area contributed by atoms with Crippen LogP contribution in [-0.4, -0.2) is 6.29 Å². The van der Waals surface area contributed by atoms with Gasteiger partial charge in [0.15, 0.2) is 0 Å². The Morgan fingerprint density at radius 3 is 2.27 bits per heavy atom. The summed E-state index contributed by atoms with van der Waals surface area (Å²) < 4.78 is 0. The van der Waals surface area contributed by atoms with E-state index in [-0.39, 0.29) is 0 Å². The van der Waals surface area contributed by atoms with Gasteiger partial charge in [-0.05, 0) is 25.2 Å². The molecule has 0 aliphatic carbocycles. The van der Waals surface area contributed by atoms with Crippen molar-refractivity contribution in [2.24, 2.45) is 5.92 Å². The van der Waals surface area contributed by atoms with Gasteiger partial charge in [0.2, 0.25) is 0 Å². The zero-order valence-corrected chi connectivity index (χ0v) is 7.55. The van der Waals surface area contributed by atoms with Gasteiger partial charge in [0, 0.05) is 6.42 Å². The minimum absolute atomic E-state index is 0.665. The molecular weight excluding hydrogens is 136 g/mol. The fraction of sp³-hybridized carbons (Fsp3) is 0.700. The lowest BCUT2D eigenvalue weighted by molar-refractivity contribution is -0.107. The first-order valence-corrected chi connectivity index (χ1v) is 4.36. The smallest absolute Gasteiger partial charge is 0.120 e. The Balaban J connectivity index is 3.09. The highest BCUT2D eigenvalue weighted by Crippen LogP contribution is 2.04. The first-order chi connectivity index (χ1) is 5.27. The van der Waals surface area contributed by atoms with E-state index in [0.29, 0.717) is 6.42 Å². The molecule has 11 heavy (non-hydrogen) atoms. The van der Waals surface area contributed by atoms with E-state index in [1.807, 2.05) is 0 Å². The predicted octanol–water partition coefficient (Wildman–Crippen LogP) is 2.96. The van der Waals surface area contributed by atoms with Crippen molar-refractivity contribution in [3.63, 3.8) is 0 Å². The molecule has 0 amide bonds. The Bertz CT molecular complexity index is 114. The summed E-state index contributed by atoms with van der Waals surface area (Å²) in [5, 5.41) is 0. The Hall–Kier alpha value is -0.590. The lowest BCUT2D eigenvalue weighted by Crippen LogP contribution is -1.83. The standard InChI is InChI=1S/C10H18O/c1-10(2)8-6-4-3-5-7-9-11/h3-4,9-10H,5-8H2,1-2H3/b4-3-. The lowest BCUT2D eigenvalue weighted by atomic mass is 10.1. The maximum Gasteiger partial charge on any atom is 0.120 e. The highest BCUT2D eigenvalue weighted by Gasteiger charge is 1.88. The van der Waals surface area contributed by atoms with E-state index >= 15 is 0 Å². The van der Waals surface area contributed by atoms with Crippen LogP contribution in [0.15, 0.2) is 12.2 Å². The van der Waals surface area contributed by atoms with Crippen LogP contribution in [0.4, 0.5) is 0 Å². The van der Waals surface area contributed by atoms with E-state index in [2.05, 4.69) is 26.0 Å². The molecule has 0 N–H and O–H groups in total. The number of allylic oxidation sites excluding steroid dienone is 2. The first-order valence-electron chi connectivity index (χ1n) is 4.36. The third kappa shape index (κ3) is 9.41. The summed E-state index contributed by atoms with van der Waals surface area (Å²) in [4.78, 5) is 9.91. The fourth-order valence-electron chi connectivity index (χ4n) is 0.830. The molecule has 0 fully saturated rings. The molecule has 0 unspecified atom stereocenters. The highest BCUT2D eigenvalue weighted by atomic mass is 16.1. The van der Waals surface area contributed by atoms with Crippen molar-refractivity contribution in [2.75, 3.05) is 0 Å². The van der Waals surface area contributed by atoms with Crippen molar-refractivity contribution in [1.29, 1.82) is 0 Å². The Morgan fingerprint density at radius 2 is 1.73 bits per heavy atom. The Labute approximate surface area is 69.5 Å². The van der Waals surface area contributed by atoms with Gasteiger partial charge in [-0.1, -0.05) is 26.0 Å². The van der Waals surface area contributed by atoms with Gasteiger partial charge < -0.3 is 4.79 Å². The van der Waals surface area contributed by atoms with Crippen molar-refractivity contribution >= 4 is 6.29 Å². The van der Waals surface area contributed by atoms with Gasteiger partial charge in [-0.15, -0.1) is 0 Å². The number of aldehydes is 1. The minimum atomic E-state index is 0.665. The number of carbonyl (C=O) groups is 1. The summed E-state index contributed by atoms with van der Waals surface area (Å²) >= 11 is 0. The molecule has 1 heteroatoms. The molecule has 0 spiro atoms. The van der Waals surface area contributed by atoms with Crippen LogP contribution < -0.4 is 0 Å². The van der Waals surface area contributed by atoms with Gasteiger partial charge >= 0.3 is 0 Å². The minimum Gasteiger partial charge on any atom is -0.303 e. The molecule has 0 aromatic rings. The number of hydrogen-bond donors (Lipinski definition) is 0. The average molecular weight is 154 g/mol. The second-order valence-electron chi connectivity index (χ2n) is 3.19. The molecule has 0 rings (SSSR count). The predicted molar refractivity (Wildman–Crippen MR) is 48.5 cm³/mol. The summed E-state index contributed by atoms with van der Waals surface area (Å²) in [6.07, 6.45) is 9.20.